The largest absolute Gasteiger partial charge is 0.464 e. The van der Waals surface area contributed by atoms with Crippen LogP contribution in [0, 0.1) is 6.92 Å². The Hall–Kier alpha value is -2.56. The van der Waals surface area contributed by atoms with Crippen LogP contribution in [0.3, 0.4) is 0 Å². The number of hydrogen-bond donors (Lipinski definition) is 0. The lowest BCUT2D eigenvalue weighted by atomic mass is 9.98. The molecule has 0 saturated carbocycles. The molecular weight excluding hydrogens is 282 g/mol. The van der Waals surface area contributed by atoms with Crippen LogP contribution in [-0.4, -0.2) is 29.9 Å². The number of nitrogens with zero attached hydrogens (tertiary/aromatic N) is 1. The molecule has 1 atom stereocenters. The van der Waals surface area contributed by atoms with E-state index in [0.29, 0.717) is 24.3 Å². The average Bonchev–Trinajstić information content (AvgIpc) is 2.91. The van der Waals surface area contributed by atoms with Gasteiger partial charge >= 0.3 is 5.97 Å². The summed E-state index contributed by atoms with van der Waals surface area (Å²) in [5.41, 5.74) is 1.38. The van der Waals surface area contributed by atoms with Crippen LogP contribution in [0.2, 0.25) is 0 Å². The van der Waals surface area contributed by atoms with Crippen LogP contribution in [0.1, 0.15) is 27.4 Å². The molecule has 3 rings (SSSR count). The number of fused-ring (bicyclic) bond motifs is 1. The van der Waals surface area contributed by atoms with Crippen molar-refractivity contribution in [2.45, 2.75) is 26.0 Å². The maximum atomic E-state index is 12.5. The Morgan fingerprint density at radius 3 is 2.77 bits per heavy atom. The third-order valence-corrected chi connectivity index (χ3v) is 3.73. The Balaban J connectivity index is 1.72. The molecule has 0 radical (unpaired) electrons. The molecule has 1 aliphatic heterocycles. The molecule has 0 aliphatic carbocycles. The molecule has 2 aromatic rings. The zero-order chi connectivity index (χ0) is 15.7. The summed E-state index contributed by atoms with van der Waals surface area (Å²) in [6.07, 6.45) is -0.370. The number of hydrogen-bond acceptors (Lipinski definition) is 4. The van der Waals surface area contributed by atoms with Crippen LogP contribution in [0.25, 0.3) is 0 Å². The second-order valence-electron chi connectivity index (χ2n) is 5.46. The van der Waals surface area contributed by atoms with Crippen molar-refractivity contribution in [2.24, 2.45) is 0 Å². The predicted octanol–water partition coefficient (Wildman–Crippen LogP) is 2.33. The van der Waals surface area contributed by atoms with Crippen molar-refractivity contribution in [3.63, 3.8) is 0 Å². The fourth-order valence-electron chi connectivity index (χ4n) is 2.60. The summed E-state index contributed by atoms with van der Waals surface area (Å²) in [5, 5.41) is 0. The van der Waals surface area contributed by atoms with Gasteiger partial charge in [0.2, 0.25) is 0 Å². The Labute approximate surface area is 128 Å². The van der Waals surface area contributed by atoms with Crippen LogP contribution < -0.4 is 0 Å². The average molecular weight is 299 g/mol. The third-order valence-electron chi connectivity index (χ3n) is 3.73. The third kappa shape index (κ3) is 2.74. The van der Waals surface area contributed by atoms with Gasteiger partial charge in [0.1, 0.15) is 11.5 Å². The number of carbonyl (C=O) groups is 2. The minimum Gasteiger partial charge on any atom is -0.464 e. The number of rotatable bonds is 3. The van der Waals surface area contributed by atoms with Gasteiger partial charge in [-0.15, -0.1) is 0 Å². The van der Waals surface area contributed by atoms with Crippen molar-refractivity contribution in [2.75, 3.05) is 7.05 Å². The number of amides is 1. The highest BCUT2D eigenvalue weighted by molar-refractivity contribution is 5.95. The van der Waals surface area contributed by atoms with Gasteiger partial charge in [-0.25, -0.2) is 4.79 Å². The molecule has 1 aromatic carbocycles. The zero-order valence-electron chi connectivity index (χ0n) is 12.5. The molecule has 114 valence electrons. The molecule has 1 amide bonds. The van der Waals surface area contributed by atoms with Crippen molar-refractivity contribution in [1.82, 2.24) is 4.90 Å². The number of carbonyl (C=O) groups excluding carboxylic acids is 2. The Bertz CT molecular complexity index is 719. The quantitative estimate of drug-likeness (QED) is 0.816. The van der Waals surface area contributed by atoms with Crippen molar-refractivity contribution >= 4 is 11.9 Å². The molecule has 5 heteroatoms. The molecule has 0 N–H and O–H groups in total. The molecule has 0 fully saturated rings. The monoisotopic (exact) mass is 299 g/mol. The van der Waals surface area contributed by atoms with Gasteiger partial charge in [-0.1, -0.05) is 18.2 Å². The van der Waals surface area contributed by atoms with Crippen LogP contribution in [0.15, 0.2) is 40.8 Å². The summed E-state index contributed by atoms with van der Waals surface area (Å²) in [7, 11) is 1.68. The van der Waals surface area contributed by atoms with Gasteiger partial charge in [0, 0.05) is 13.5 Å². The lowest BCUT2D eigenvalue weighted by molar-refractivity contribution is -0.140. The summed E-state index contributed by atoms with van der Waals surface area (Å²) in [6.45, 7) is 2.20. The molecule has 0 saturated heterocycles. The number of furan rings is 1. The highest BCUT2D eigenvalue weighted by atomic mass is 16.5. The smallest absolute Gasteiger partial charge is 0.339 e. The van der Waals surface area contributed by atoms with E-state index in [1.165, 1.54) is 4.90 Å². The minimum atomic E-state index is -0.775. The lowest BCUT2D eigenvalue weighted by Crippen LogP contribution is -2.42. The fraction of sp³-hybridized carbons (Fsp3) is 0.294. The molecule has 0 spiro atoms. The van der Waals surface area contributed by atoms with E-state index in [1.807, 2.05) is 31.2 Å². The standard InChI is InChI=1S/C17H17NO4/c1-11-7-8-13(21-11)10-18(2)16(19)15-9-12-5-3-4-6-14(12)17(20)22-15/h3-8,15H,9-10H2,1-2H3/t15-/m1/s1. The topological polar surface area (TPSA) is 59.8 Å². The zero-order valence-corrected chi connectivity index (χ0v) is 12.5. The predicted molar refractivity (Wildman–Crippen MR) is 79.3 cm³/mol. The number of benzene rings is 1. The van der Waals surface area contributed by atoms with Crippen LogP contribution in [0.4, 0.5) is 0 Å². The molecule has 0 unspecified atom stereocenters. The Kier molecular flexibility index (Phi) is 3.71. The lowest BCUT2D eigenvalue weighted by Gasteiger charge is -2.27. The van der Waals surface area contributed by atoms with Crippen molar-refractivity contribution in [1.29, 1.82) is 0 Å². The maximum Gasteiger partial charge on any atom is 0.339 e. The number of cyclic esters (lactones) is 1. The maximum absolute atomic E-state index is 12.5. The van der Waals surface area contributed by atoms with Crippen LogP contribution in [-0.2, 0) is 22.5 Å². The summed E-state index contributed by atoms with van der Waals surface area (Å²) in [4.78, 5) is 26.0. The van der Waals surface area contributed by atoms with E-state index in [1.54, 1.807) is 19.2 Å². The highest BCUT2D eigenvalue weighted by Crippen LogP contribution is 2.22. The number of esters is 1. The first-order chi connectivity index (χ1) is 10.5. The Morgan fingerprint density at radius 1 is 1.27 bits per heavy atom. The molecular formula is C17H17NO4. The van der Waals surface area contributed by atoms with Gasteiger partial charge in [0.15, 0.2) is 6.10 Å². The van der Waals surface area contributed by atoms with E-state index in [9.17, 15) is 9.59 Å². The second-order valence-corrected chi connectivity index (χ2v) is 5.46. The van der Waals surface area contributed by atoms with Gasteiger partial charge in [0.05, 0.1) is 12.1 Å². The molecule has 2 heterocycles. The summed E-state index contributed by atoms with van der Waals surface area (Å²) < 4.78 is 10.7. The normalized spacial score (nSPS) is 16.8. The molecule has 1 aliphatic rings. The van der Waals surface area contributed by atoms with Gasteiger partial charge in [0.25, 0.3) is 5.91 Å². The van der Waals surface area contributed by atoms with Crippen LogP contribution >= 0.6 is 0 Å². The molecule has 0 bridgehead atoms. The first kappa shape index (κ1) is 14.4. The van der Waals surface area contributed by atoms with E-state index in [-0.39, 0.29) is 5.91 Å². The second kappa shape index (κ2) is 5.67. The van der Waals surface area contributed by atoms with E-state index < -0.39 is 12.1 Å². The van der Waals surface area contributed by atoms with Crippen molar-refractivity contribution < 1.29 is 18.7 Å². The van der Waals surface area contributed by atoms with Crippen molar-refractivity contribution in [3.8, 4) is 0 Å². The fourth-order valence-corrected chi connectivity index (χ4v) is 2.60. The van der Waals surface area contributed by atoms with E-state index in [4.69, 9.17) is 9.15 Å². The first-order valence-electron chi connectivity index (χ1n) is 7.14. The van der Waals surface area contributed by atoms with Crippen molar-refractivity contribution in [3.05, 3.63) is 59.0 Å². The van der Waals surface area contributed by atoms with Gasteiger partial charge in [-0.3, -0.25) is 4.79 Å². The highest BCUT2D eigenvalue weighted by Gasteiger charge is 2.32. The van der Waals surface area contributed by atoms with Gasteiger partial charge in [-0.2, -0.15) is 0 Å². The number of likely N-dealkylation sites (N-methyl/N-ethyl adjacent to an activating group) is 1. The Morgan fingerprint density at radius 2 is 2.05 bits per heavy atom. The van der Waals surface area contributed by atoms with E-state index in [2.05, 4.69) is 0 Å². The first-order valence-corrected chi connectivity index (χ1v) is 7.14. The molecule has 22 heavy (non-hydrogen) atoms. The molecule has 5 nitrogen and oxygen atoms in total. The van der Waals surface area contributed by atoms with E-state index >= 15 is 0 Å². The van der Waals surface area contributed by atoms with E-state index in [0.717, 1.165) is 11.3 Å². The number of ether oxygens (including phenoxy) is 1. The summed E-state index contributed by atoms with van der Waals surface area (Å²) in [5.74, 6) is 0.837. The summed E-state index contributed by atoms with van der Waals surface area (Å²) in [6, 6.07) is 10.9. The SMILES string of the molecule is Cc1ccc(CN(C)C(=O)[C@H]2Cc3ccccc3C(=O)O2)o1. The summed E-state index contributed by atoms with van der Waals surface area (Å²) >= 11 is 0. The van der Waals surface area contributed by atoms with Gasteiger partial charge < -0.3 is 14.1 Å². The number of aryl methyl sites for hydroxylation is 1. The van der Waals surface area contributed by atoms with Crippen LogP contribution in [0.5, 0.6) is 0 Å². The van der Waals surface area contributed by atoms with Gasteiger partial charge in [-0.05, 0) is 30.7 Å². The minimum absolute atomic E-state index is 0.225. The molecule has 1 aromatic heterocycles.